The van der Waals surface area contributed by atoms with E-state index < -0.39 is 12.6 Å². The van der Waals surface area contributed by atoms with Gasteiger partial charge in [0, 0.05) is 56.9 Å². The zero-order chi connectivity index (χ0) is 19.9. The van der Waals surface area contributed by atoms with Crippen molar-refractivity contribution in [3.05, 3.63) is 35.5 Å². The summed E-state index contributed by atoms with van der Waals surface area (Å²) in [4.78, 5) is 26.2. The van der Waals surface area contributed by atoms with Crippen molar-refractivity contribution in [3.8, 4) is 0 Å². The van der Waals surface area contributed by atoms with Gasteiger partial charge in [-0.1, -0.05) is 0 Å². The van der Waals surface area contributed by atoms with E-state index in [0.29, 0.717) is 19.5 Å². The van der Waals surface area contributed by atoms with Gasteiger partial charge >= 0.3 is 6.18 Å². The van der Waals surface area contributed by atoms with E-state index in [1.54, 1.807) is 17.9 Å². The maximum atomic E-state index is 12.5. The Bertz CT molecular complexity index is 1020. The molecule has 0 bridgehead atoms. The molecule has 0 atom stereocenters. The van der Waals surface area contributed by atoms with E-state index in [0.717, 1.165) is 28.1 Å². The number of nitrogens with one attached hydrogen (secondary N) is 1. The number of aromatic nitrogens is 5. The number of alkyl halides is 3. The number of nitrogens with zero attached hydrogens (tertiary/aromatic N) is 5. The average Bonchev–Trinajstić information content (AvgIpc) is 3.25. The lowest BCUT2D eigenvalue weighted by molar-refractivity contribution is -0.135. The maximum Gasteiger partial charge on any atom is 0.389 e. The second-order valence-corrected chi connectivity index (χ2v) is 6.90. The maximum absolute atomic E-state index is 12.5. The van der Waals surface area contributed by atoms with Crippen LogP contribution in [0.3, 0.4) is 0 Å². The largest absolute Gasteiger partial charge is 0.389 e. The second-order valence-electron chi connectivity index (χ2n) is 6.90. The summed E-state index contributed by atoms with van der Waals surface area (Å²) >= 11 is 0. The van der Waals surface area contributed by atoms with Crippen LogP contribution in [0.1, 0.15) is 41.0 Å². The molecule has 0 fully saturated rings. The number of anilines is 1. The molecular formula is C18H19F3N6O. The molecule has 1 N–H and O–H groups in total. The van der Waals surface area contributed by atoms with Gasteiger partial charge in [0.2, 0.25) is 0 Å². The van der Waals surface area contributed by atoms with Crippen molar-refractivity contribution < 1.29 is 18.0 Å². The Morgan fingerprint density at radius 2 is 2.14 bits per heavy atom. The third-order valence-corrected chi connectivity index (χ3v) is 5.00. The Kier molecular flexibility index (Phi) is 4.56. The van der Waals surface area contributed by atoms with Gasteiger partial charge in [-0.25, -0.2) is 9.97 Å². The van der Waals surface area contributed by atoms with Crippen molar-refractivity contribution >= 4 is 22.6 Å². The van der Waals surface area contributed by atoms with Gasteiger partial charge in [-0.05, 0) is 12.5 Å². The predicted molar refractivity (Wildman–Crippen MR) is 96.1 cm³/mol. The van der Waals surface area contributed by atoms with Crippen LogP contribution in [0.15, 0.2) is 18.6 Å². The van der Waals surface area contributed by atoms with Crippen LogP contribution in [0.25, 0.3) is 11.0 Å². The zero-order valence-corrected chi connectivity index (χ0v) is 15.3. The molecule has 0 aromatic carbocycles. The Labute approximate surface area is 158 Å². The molecule has 0 aliphatic carbocycles. The molecule has 1 aliphatic heterocycles. The highest BCUT2D eigenvalue weighted by Crippen LogP contribution is 2.30. The topological polar surface area (TPSA) is 79.7 Å². The summed E-state index contributed by atoms with van der Waals surface area (Å²) in [6.07, 6.45) is -1.67. The van der Waals surface area contributed by atoms with Crippen molar-refractivity contribution in [2.75, 3.05) is 11.4 Å². The van der Waals surface area contributed by atoms with E-state index >= 15 is 0 Å². The number of aromatic amines is 1. The van der Waals surface area contributed by atoms with E-state index in [-0.39, 0.29) is 24.3 Å². The first-order chi connectivity index (χ1) is 13.3. The molecule has 4 heterocycles. The summed E-state index contributed by atoms with van der Waals surface area (Å²) < 4.78 is 38.8. The van der Waals surface area contributed by atoms with Crippen LogP contribution in [0.5, 0.6) is 0 Å². The summed E-state index contributed by atoms with van der Waals surface area (Å²) in [5.41, 5.74) is 2.71. The van der Waals surface area contributed by atoms with Gasteiger partial charge in [0.15, 0.2) is 5.78 Å². The smallest absolute Gasteiger partial charge is 0.351 e. The monoisotopic (exact) mass is 392 g/mol. The van der Waals surface area contributed by atoms with Crippen LogP contribution < -0.4 is 4.90 Å². The van der Waals surface area contributed by atoms with Gasteiger partial charge in [0.25, 0.3) is 0 Å². The van der Waals surface area contributed by atoms with Crippen LogP contribution in [0.4, 0.5) is 19.0 Å². The quantitative estimate of drug-likeness (QED) is 0.675. The number of aryl methyl sites for hydroxylation is 1. The Morgan fingerprint density at radius 3 is 2.93 bits per heavy atom. The molecule has 0 saturated heterocycles. The fourth-order valence-electron chi connectivity index (χ4n) is 3.68. The normalized spacial score (nSPS) is 14.5. The highest BCUT2D eigenvalue weighted by molar-refractivity contribution is 5.96. The summed E-state index contributed by atoms with van der Waals surface area (Å²) in [6, 6.07) is 1.90. The number of Topliss-reactive ketones (excluding diaryl/α,β-unsaturated/α-hetero) is 1. The van der Waals surface area contributed by atoms with Crippen molar-refractivity contribution in [2.24, 2.45) is 7.05 Å². The Hall–Kier alpha value is -2.91. The van der Waals surface area contributed by atoms with Gasteiger partial charge in [-0.3, -0.25) is 9.48 Å². The molecule has 28 heavy (non-hydrogen) atoms. The first-order valence-corrected chi connectivity index (χ1v) is 9.01. The van der Waals surface area contributed by atoms with E-state index in [1.165, 1.54) is 6.33 Å². The van der Waals surface area contributed by atoms with Gasteiger partial charge in [-0.2, -0.15) is 18.3 Å². The van der Waals surface area contributed by atoms with Crippen LogP contribution in [0.2, 0.25) is 0 Å². The molecule has 0 amide bonds. The minimum atomic E-state index is -4.25. The van der Waals surface area contributed by atoms with Gasteiger partial charge in [0.1, 0.15) is 23.5 Å². The molecule has 1 aliphatic rings. The molecule has 10 heteroatoms. The number of ketones is 1. The summed E-state index contributed by atoms with van der Waals surface area (Å²) in [5.74, 6) is 0.411. The van der Waals surface area contributed by atoms with Crippen LogP contribution in [-0.2, 0) is 20.0 Å². The summed E-state index contributed by atoms with van der Waals surface area (Å²) in [5, 5.41) is 5.19. The third-order valence-electron chi connectivity index (χ3n) is 5.00. The van der Waals surface area contributed by atoms with Crippen LogP contribution in [-0.4, -0.2) is 43.2 Å². The molecule has 7 nitrogen and oxygen atoms in total. The third kappa shape index (κ3) is 3.46. The Morgan fingerprint density at radius 1 is 1.32 bits per heavy atom. The molecule has 0 saturated carbocycles. The number of hydrogen-bond acceptors (Lipinski definition) is 5. The number of carbonyl (C=O) groups excluding carboxylic acids is 1. The minimum absolute atomic E-state index is 0.168. The fraction of sp³-hybridized carbons (Fsp3) is 0.444. The van der Waals surface area contributed by atoms with Gasteiger partial charge in [-0.15, -0.1) is 0 Å². The molecule has 148 valence electrons. The number of rotatable bonds is 5. The number of H-pyrrole nitrogens is 1. The SMILES string of the molecule is Cn1nc(C(=O)CCCC(F)(F)F)c2c1CCN(c1ncnc3[nH]ccc13)C2. The van der Waals surface area contributed by atoms with Crippen molar-refractivity contribution in [2.45, 2.75) is 38.4 Å². The summed E-state index contributed by atoms with van der Waals surface area (Å²) in [6.45, 7) is 1.13. The first kappa shape index (κ1) is 18.5. The van der Waals surface area contributed by atoms with E-state index in [9.17, 15) is 18.0 Å². The highest BCUT2D eigenvalue weighted by atomic mass is 19.4. The zero-order valence-electron chi connectivity index (χ0n) is 15.3. The molecule has 0 spiro atoms. The first-order valence-electron chi connectivity index (χ1n) is 9.01. The lowest BCUT2D eigenvalue weighted by atomic mass is 10.0. The lowest BCUT2D eigenvalue weighted by Gasteiger charge is -2.28. The van der Waals surface area contributed by atoms with E-state index in [1.807, 2.05) is 11.0 Å². The van der Waals surface area contributed by atoms with Gasteiger partial charge in [0.05, 0.1) is 5.39 Å². The van der Waals surface area contributed by atoms with E-state index in [4.69, 9.17) is 0 Å². The van der Waals surface area contributed by atoms with Gasteiger partial charge < -0.3 is 9.88 Å². The number of carbonyl (C=O) groups is 1. The second kappa shape index (κ2) is 6.92. The number of hydrogen-bond donors (Lipinski definition) is 1. The summed E-state index contributed by atoms with van der Waals surface area (Å²) in [7, 11) is 1.76. The lowest BCUT2D eigenvalue weighted by Crippen LogP contribution is -2.32. The van der Waals surface area contributed by atoms with Crippen molar-refractivity contribution in [1.82, 2.24) is 24.7 Å². The molecule has 3 aromatic rings. The van der Waals surface area contributed by atoms with E-state index in [2.05, 4.69) is 20.1 Å². The standard InChI is InChI=1S/C18H19F3N6O/c1-26-13-5-8-27(17-11-4-7-22-16(11)23-10-24-17)9-12(13)15(25-26)14(28)3-2-6-18(19,20)21/h4,7,10H,2-3,5-6,8-9H2,1H3,(H,22,23,24). The molecule has 3 aromatic heterocycles. The van der Waals surface area contributed by atoms with Crippen LogP contribution >= 0.6 is 0 Å². The highest BCUT2D eigenvalue weighted by Gasteiger charge is 2.30. The van der Waals surface area contributed by atoms with Crippen molar-refractivity contribution in [3.63, 3.8) is 0 Å². The molecular weight excluding hydrogens is 373 g/mol. The molecule has 0 radical (unpaired) electrons. The fourth-order valence-corrected chi connectivity index (χ4v) is 3.68. The predicted octanol–water partition coefficient (Wildman–Crippen LogP) is 3.17. The number of fused-ring (bicyclic) bond motifs is 2. The minimum Gasteiger partial charge on any atom is -0.351 e. The molecule has 4 rings (SSSR count). The Balaban J connectivity index is 1.58. The van der Waals surface area contributed by atoms with Crippen LogP contribution in [0, 0.1) is 0 Å². The van der Waals surface area contributed by atoms with Crippen molar-refractivity contribution in [1.29, 1.82) is 0 Å². The number of halogens is 3. The average molecular weight is 392 g/mol. The molecule has 0 unspecified atom stereocenters.